The van der Waals surface area contributed by atoms with Gasteiger partial charge >= 0.3 is 5.97 Å². The number of carbonyl (C=O) groups excluding carboxylic acids is 2. The lowest BCUT2D eigenvalue weighted by Crippen LogP contribution is -2.41. The molecule has 112 valence electrons. The molecule has 0 aromatic heterocycles. The van der Waals surface area contributed by atoms with E-state index in [1.54, 1.807) is 18.2 Å². The molecule has 2 aromatic carbocycles. The fourth-order valence-electron chi connectivity index (χ4n) is 2.40. The first-order valence-electron chi connectivity index (χ1n) is 6.94. The van der Waals surface area contributed by atoms with Crippen molar-refractivity contribution in [3.63, 3.8) is 0 Å². The van der Waals surface area contributed by atoms with Gasteiger partial charge in [0.15, 0.2) is 6.10 Å². The van der Waals surface area contributed by atoms with E-state index in [9.17, 15) is 9.59 Å². The van der Waals surface area contributed by atoms with E-state index in [1.807, 2.05) is 30.3 Å². The quantitative estimate of drug-likeness (QED) is 0.886. The Morgan fingerprint density at radius 1 is 1.23 bits per heavy atom. The maximum Gasteiger partial charge on any atom is 0.339 e. The van der Waals surface area contributed by atoms with Crippen LogP contribution in [0.4, 0.5) is 0 Å². The van der Waals surface area contributed by atoms with Crippen LogP contribution in [0.5, 0.6) is 0 Å². The van der Waals surface area contributed by atoms with Gasteiger partial charge in [0.05, 0.1) is 5.56 Å². The molecule has 0 saturated heterocycles. The van der Waals surface area contributed by atoms with Gasteiger partial charge in [-0.2, -0.15) is 0 Å². The Morgan fingerprint density at radius 3 is 2.77 bits per heavy atom. The van der Waals surface area contributed by atoms with Crippen LogP contribution in [0, 0.1) is 0 Å². The summed E-state index contributed by atoms with van der Waals surface area (Å²) in [5.74, 6) is -0.804. The van der Waals surface area contributed by atoms with Crippen molar-refractivity contribution in [2.24, 2.45) is 0 Å². The molecule has 0 radical (unpaired) electrons. The van der Waals surface area contributed by atoms with Gasteiger partial charge < -0.3 is 10.1 Å². The van der Waals surface area contributed by atoms with Gasteiger partial charge in [-0.05, 0) is 23.3 Å². The normalized spacial score (nSPS) is 16.6. The summed E-state index contributed by atoms with van der Waals surface area (Å²) in [6.07, 6.45) is -0.441. The van der Waals surface area contributed by atoms with Crippen LogP contribution in [0.2, 0.25) is 5.02 Å². The lowest BCUT2D eigenvalue weighted by molar-refractivity contribution is -0.130. The molecule has 22 heavy (non-hydrogen) atoms. The second-order valence-electron chi connectivity index (χ2n) is 5.10. The maximum atomic E-state index is 12.2. The molecule has 0 bridgehead atoms. The van der Waals surface area contributed by atoms with Gasteiger partial charge in [-0.25, -0.2) is 4.79 Å². The Kier molecular flexibility index (Phi) is 4.11. The molecule has 1 heterocycles. The third-order valence-electron chi connectivity index (χ3n) is 3.55. The topological polar surface area (TPSA) is 55.4 Å². The lowest BCUT2D eigenvalue weighted by Gasteiger charge is -2.24. The van der Waals surface area contributed by atoms with Gasteiger partial charge in [0.25, 0.3) is 5.91 Å². The highest BCUT2D eigenvalue weighted by molar-refractivity contribution is 6.31. The number of hydrogen-bond acceptors (Lipinski definition) is 3. The van der Waals surface area contributed by atoms with E-state index in [4.69, 9.17) is 16.3 Å². The smallest absolute Gasteiger partial charge is 0.339 e. The van der Waals surface area contributed by atoms with Crippen LogP contribution < -0.4 is 5.32 Å². The maximum absolute atomic E-state index is 12.2. The first-order valence-corrected chi connectivity index (χ1v) is 7.32. The predicted octanol–water partition coefficient (Wildman–Crippen LogP) is 2.74. The largest absolute Gasteiger partial charge is 0.448 e. The summed E-state index contributed by atoms with van der Waals surface area (Å²) in [4.78, 5) is 24.1. The molecule has 2 aromatic rings. The molecule has 1 N–H and O–H groups in total. The average molecular weight is 316 g/mol. The molecular formula is C17H14ClNO3. The molecule has 1 amide bonds. The monoisotopic (exact) mass is 315 g/mol. The molecule has 0 saturated carbocycles. The molecule has 0 aliphatic carbocycles. The standard InChI is InChI=1S/C17H14ClNO3/c18-13-7-6-12-8-15(22-17(21)14(12)9-13)16(20)19-10-11-4-2-1-3-5-11/h1-7,9,15H,8,10H2,(H,19,20). The zero-order chi connectivity index (χ0) is 15.5. The highest BCUT2D eigenvalue weighted by atomic mass is 35.5. The fourth-order valence-corrected chi connectivity index (χ4v) is 2.57. The number of amides is 1. The first-order chi connectivity index (χ1) is 10.6. The summed E-state index contributed by atoms with van der Waals surface area (Å²) >= 11 is 5.87. The minimum atomic E-state index is -0.801. The minimum absolute atomic E-state index is 0.294. The summed E-state index contributed by atoms with van der Waals surface area (Å²) < 4.78 is 5.21. The Hall–Kier alpha value is -2.33. The number of esters is 1. The predicted molar refractivity (Wildman–Crippen MR) is 82.6 cm³/mol. The van der Waals surface area contributed by atoms with Crippen molar-refractivity contribution in [2.75, 3.05) is 0 Å². The molecule has 0 spiro atoms. The molecular weight excluding hydrogens is 302 g/mol. The Morgan fingerprint density at radius 2 is 2.00 bits per heavy atom. The SMILES string of the molecule is O=C1OC(C(=O)NCc2ccccc2)Cc2ccc(Cl)cc21. The van der Waals surface area contributed by atoms with E-state index in [2.05, 4.69) is 5.32 Å². The van der Waals surface area contributed by atoms with Gasteiger partial charge in [-0.15, -0.1) is 0 Å². The summed E-state index contributed by atoms with van der Waals surface area (Å²) in [5.41, 5.74) is 2.20. The Balaban J connectivity index is 1.67. The van der Waals surface area contributed by atoms with Crippen molar-refractivity contribution in [3.8, 4) is 0 Å². The third-order valence-corrected chi connectivity index (χ3v) is 3.78. The van der Waals surface area contributed by atoms with Gasteiger partial charge in [-0.3, -0.25) is 4.79 Å². The number of rotatable bonds is 3. The van der Waals surface area contributed by atoms with Crippen molar-refractivity contribution >= 4 is 23.5 Å². The highest BCUT2D eigenvalue weighted by Gasteiger charge is 2.31. The Labute approximate surface area is 133 Å². The molecule has 1 unspecified atom stereocenters. The van der Waals surface area contributed by atoms with Crippen molar-refractivity contribution in [1.82, 2.24) is 5.32 Å². The number of benzene rings is 2. The number of cyclic esters (lactones) is 1. The van der Waals surface area contributed by atoms with E-state index in [0.29, 0.717) is 23.6 Å². The number of nitrogens with one attached hydrogen (secondary N) is 1. The summed E-state index contributed by atoms with van der Waals surface area (Å²) in [6.45, 7) is 0.404. The van der Waals surface area contributed by atoms with Crippen molar-refractivity contribution in [3.05, 3.63) is 70.2 Å². The van der Waals surface area contributed by atoms with Crippen LogP contribution in [0.1, 0.15) is 21.5 Å². The van der Waals surface area contributed by atoms with E-state index < -0.39 is 12.1 Å². The minimum Gasteiger partial charge on any atom is -0.448 e. The lowest BCUT2D eigenvalue weighted by atomic mass is 9.98. The zero-order valence-electron chi connectivity index (χ0n) is 11.7. The van der Waals surface area contributed by atoms with E-state index in [-0.39, 0.29) is 5.91 Å². The van der Waals surface area contributed by atoms with Gasteiger partial charge in [-0.1, -0.05) is 48.0 Å². The molecule has 1 atom stereocenters. The number of halogens is 1. The molecule has 4 nitrogen and oxygen atoms in total. The molecule has 1 aliphatic heterocycles. The number of carbonyl (C=O) groups is 2. The molecule has 3 rings (SSSR count). The highest BCUT2D eigenvalue weighted by Crippen LogP contribution is 2.24. The number of fused-ring (bicyclic) bond motifs is 1. The average Bonchev–Trinajstić information content (AvgIpc) is 2.54. The summed E-state index contributed by atoms with van der Waals surface area (Å²) in [7, 11) is 0. The summed E-state index contributed by atoms with van der Waals surface area (Å²) in [6, 6.07) is 14.6. The number of hydrogen-bond donors (Lipinski definition) is 1. The third kappa shape index (κ3) is 3.12. The van der Waals surface area contributed by atoms with Crippen LogP contribution in [-0.2, 0) is 22.5 Å². The fraction of sp³-hybridized carbons (Fsp3) is 0.176. The van der Waals surface area contributed by atoms with Crippen LogP contribution in [-0.4, -0.2) is 18.0 Å². The molecule has 5 heteroatoms. The van der Waals surface area contributed by atoms with Crippen LogP contribution in [0.15, 0.2) is 48.5 Å². The van der Waals surface area contributed by atoms with E-state index in [0.717, 1.165) is 11.1 Å². The first kappa shape index (κ1) is 14.6. The zero-order valence-corrected chi connectivity index (χ0v) is 12.5. The number of ether oxygens (including phenoxy) is 1. The second kappa shape index (κ2) is 6.20. The summed E-state index contributed by atoms with van der Waals surface area (Å²) in [5, 5.41) is 3.26. The second-order valence-corrected chi connectivity index (χ2v) is 5.54. The van der Waals surface area contributed by atoms with Gasteiger partial charge in [0, 0.05) is 18.0 Å². The van der Waals surface area contributed by atoms with Gasteiger partial charge in [0.1, 0.15) is 0 Å². The van der Waals surface area contributed by atoms with Gasteiger partial charge in [0.2, 0.25) is 0 Å². The van der Waals surface area contributed by atoms with Crippen LogP contribution in [0.3, 0.4) is 0 Å². The van der Waals surface area contributed by atoms with Crippen LogP contribution in [0.25, 0.3) is 0 Å². The Bertz CT molecular complexity index is 715. The van der Waals surface area contributed by atoms with Crippen molar-refractivity contribution < 1.29 is 14.3 Å². The van der Waals surface area contributed by atoms with E-state index in [1.165, 1.54) is 0 Å². The molecule has 1 aliphatic rings. The van der Waals surface area contributed by atoms with Crippen molar-refractivity contribution in [2.45, 2.75) is 19.1 Å². The molecule has 0 fully saturated rings. The van der Waals surface area contributed by atoms with E-state index >= 15 is 0 Å². The van der Waals surface area contributed by atoms with Crippen molar-refractivity contribution in [1.29, 1.82) is 0 Å². The van der Waals surface area contributed by atoms with Crippen LogP contribution >= 0.6 is 11.6 Å².